The first-order chi connectivity index (χ1) is 7.51. The Labute approximate surface area is 97.4 Å². The number of nitriles is 1. The van der Waals surface area contributed by atoms with Crippen LogP contribution in [-0.4, -0.2) is 24.0 Å². The zero-order valence-electron chi connectivity index (χ0n) is 10.3. The molecule has 1 fully saturated rings. The molecule has 0 aromatic rings. The lowest BCUT2D eigenvalue weighted by atomic mass is 10.0. The molecule has 0 saturated heterocycles. The van der Waals surface area contributed by atoms with Crippen molar-refractivity contribution < 1.29 is 4.79 Å². The second kappa shape index (κ2) is 5.31. The highest BCUT2D eigenvalue weighted by atomic mass is 16.2. The van der Waals surface area contributed by atoms with E-state index in [0.717, 1.165) is 25.8 Å². The van der Waals surface area contributed by atoms with Gasteiger partial charge in [-0.3, -0.25) is 4.79 Å². The summed E-state index contributed by atoms with van der Waals surface area (Å²) >= 11 is 0. The summed E-state index contributed by atoms with van der Waals surface area (Å²) in [7, 11) is 0. The third-order valence-electron chi connectivity index (χ3n) is 3.18. The molecular formula is C12H21N3O. The molecule has 1 amide bonds. The van der Waals surface area contributed by atoms with Crippen LogP contribution in [0.5, 0.6) is 0 Å². The fourth-order valence-electron chi connectivity index (χ4n) is 2.16. The van der Waals surface area contributed by atoms with Crippen LogP contribution in [0.2, 0.25) is 0 Å². The topological polar surface area (TPSA) is 64.9 Å². The summed E-state index contributed by atoms with van der Waals surface area (Å²) in [6.45, 7) is 6.46. The van der Waals surface area contributed by atoms with Crippen molar-refractivity contribution in [1.29, 1.82) is 5.26 Å². The number of likely N-dealkylation sites (N-methyl/N-ethyl adjacent to an activating group) is 1. The van der Waals surface area contributed by atoms with Crippen molar-refractivity contribution in [2.75, 3.05) is 6.54 Å². The summed E-state index contributed by atoms with van der Waals surface area (Å²) in [5.74, 6) is -0.0251. The van der Waals surface area contributed by atoms with E-state index in [9.17, 15) is 4.79 Å². The fraction of sp³-hybridized carbons (Fsp3) is 0.833. The molecule has 2 N–H and O–H groups in total. The van der Waals surface area contributed by atoms with Crippen molar-refractivity contribution in [2.45, 2.75) is 51.6 Å². The van der Waals surface area contributed by atoms with Gasteiger partial charge < -0.3 is 10.6 Å². The zero-order valence-corrected chi connectivity index (χ0v) is 10.3. The van der Waals surface area contributed by atoms with E-state index in [0.29, 0.717) is 0 Å². The Morgan fingerprint density at radius 2 is 2.19 bits per heavy atom. The Hall–Kier alpha value is -1.08. The van der Waals surface area contributed by atoms with Crippen molar-refractivity contribution in [3.8, 4) is 6.07 Å². The number of hydrogen-bond acceptors (Lipinski definition) is 3. The molecule has 1 aliphatic carbocycles. The lowest BCUT2D eigenvalue weighted by molar-refractivity contribution is -0.127. The number of nitrogens with one attached hydrogen (secondary N) is 2. The van der Waals surface area contributed by atoms with E-state index >= 15 is 0 Å². The molecule has 4 heteroatoms. The quantitative estimate of drug-likeness (QED) is 0.752. The number of hydrogen-bond donors (Lipinski definition) is 2. The highest BCUT2D eigenvalue weighted by Crippen LogP contribution is 2.25. The van der Waals surface area contributed by atoms with Gasteiger partial charge >= 0.3 is 0 Å². The number of amides is 1. The monoisotopic (exact) mass is 223 g/mol. The lowest BCUT2D eigenvalue weighted by Gasteiger charge is -2.27. The Morgan fingerprint density at radius 1 is 1.50 bits per heavy atom. The molecule has 0 spiro atoms. The molecule has 0 heterocycles. The highest BCUT2D eigenvalue weighted by molar-refractivity contribution is 5.85. The van der Waals surface area contributed by atoms with Crippen LogP contribution >= 0.6 is 0 Å². The Morgan fingerprint density at radius 3 is 2.75 bits per heavy atom. The minimum absolute atomic E-state index is 0.0125. The average molecular weight is 223 g/mol. The van der Waals surface area contributed by atoms with Gasteiger partial charge in [0.1, 0.15) is 0 Å². The Bertz CT molecular complexity index is 293. The third-order valence-corrected chi connectivity index (χ3v) is 3.18. The molecule has 1 aliphatic rings. The SMILES string of the molecule is CCNC(C)(C)C(=O)NC1CCCC1C#N. The maximum absolute atomic E-state index is 12.0. The van der Waals surface area contributed by atoms with Gasteiger partial charge in [-0.25, -0.2) is 0 Å². The first-order valence-electron chi connectivity index (χ1n) is 5.97. The van der Waals surface area contributed by atoms with Gasteiger partial charge in [-0.15, -0.1) is 0 Å². The minimum Gasteiger partial charge on any atom is -0.350 e. The van der Waals surface area contributed by atoms with Gasteiger partial charge in [-0.2, -0.15) is 5.26 Å². The van der Waals surface area contributed by atoms with Crippen LogP contribution in [0.4, 0.5) is 0 Å². The summed E-state index contributed by atoms with van der Waals surface area (Å²) in [6.07, 6.45) is 2.86. The maximum Gasteiger partial charge on any atom is 0.239 e. The lowest BCUT2D eigenvalue weighted by Crippen LogP contribution is -2.55. The minimum atomic E-state index is -0.558. The van der Waals surface area contributed by atoms with Crippen molar-refractivity contribution in [1.82, 2.24) is 10.6 Å². The Kier molecular flexibility index (Phi) is 4.31. The fourth-order valence-corrected chi connectivity index (χ4v) is 2.16. The molecule has 0 aromatic carbocycles. The van der Waals surface area contributed by atoms with Crippen LogP contribution < -0.4 is 10.6 Å². The van der Waals surface area contributed by atoms with Gasteiger partial charge in [0.05, 0.1) is 17.5 Å². The van der Waals surface area contributed by atoms with E-state index in [1.165, 1.54) is 0 Å². The van der Waals surface area contributed by atoms with Crippen LogP contribution in [0.1, 0.15) is 40.0 Å². The van der Waals surface area contributed by atoms with Gasteiger partial charge in [-0.05, 0) is 39.7 Å². The van der Waals surface area contributed by atoms with Crippen LogP contribution in [0.15, 0.2) is 0 Å². The van der Waals surface area contributed by atoms with Crippen molar-refractivity contribution in [3.63, 3.8) is 0 Å². The zero-order chi connectivity index (χ0) is 12.2. The number of carbonyl (C=O) groups is 1. The summed E-state index contributed by atoms with van der Waals surface area (Å²) in [6, 6.07) is 2.31. The number of rotatable bonds is 4. The molecule has 0 aliphatic heterocycles. The molecule has 2 unspecified atom stereocenters. The van der Waals surface area contributed by atoms with E-state index < -0.39 is 5.54 Å². The highest BCUT2D eigenvalue weighted by Gasteiger charge is 2.33. The van der Waals surface area contributed by atoms with Crippen LogP contribution in [0, 0.1) is 17.2 Å². The number of nitrogens with zero attached hydrogens (tertiary/aromatic N) is 1. The van der Waals surface area contributed by atoms with E-state index in [-0.39, 0.29) is 17.9 Å². The molecule has 1 rings (SSSR count). The second-order valence-electron chi connectivity index (χ2n) is 4.90. The average Bonchev–Trinajstić information content (AvgIpc) is 2.65. The predicted molar refractivity (Wildman–Crippen MR) is 62.6 cm³/mol. The smallest absolute Gasteiger partial charge is 0.239 e. The first-order valence-corrected chi connectivity index (χ1v) is 5.97. The molecule has 0 bridgehead atoms. The third kappa shape index (κ3) is 2.96. The summed E-state index contributed by atoms with van der Waals surface area (Å²) < 4.78 is 0. The summed E-state index contributed by atoms with van der Waals surface area (Å²) in [4.78, 5) is 12.0. The molecule has 90 valence electrons. The molecule has 1 saturated carbocycles. The maximum atomic E-state index is 12.0. The van der Waals surface area contributed by atoms with Crippen LogP contribution in [0.25, 0.3) is 0 Å². The van der Waals surface area contributed by atoms with E-state index in [1.54, 1.807) is 0 Å². The van der Waals surface area contributed by atoms with Crippen molar-refractivity contribution in [3.05, 3.63) is 0 Å². The first kappa shape index (κ1) is 13.0. The van der Waals surface area contributed by atoms with Gasteiger partial charge in [0.2, 0.25) is 5.91 Å². The molecular weight excluding hydrogens is 202 g/mol. The second-order valence-corrected chi connectivity index (χ2v) is 4.90. The van der Waals surface area contributed by atoms with E-state index in [2.05, 4.69) is 16.7 Å². The van der Waals surface area contributed by atoms with E-state index in [1.807, 2.05) is 20.8 Å². The van der Waals surface area contributed by atoms with E-state index in [4.69, 9.17) is 5.26 Å². The number of carbonyl (C=O) groups excluding carboxylic acids is 1. The largest absolute Gasteiger partial charge is 0.350 e. The summed E-state index contributed by atoms with van der Waals surface area (Å²) in [5, 5.41) is 15.1. The standard InChI is InChI=1S/C12H21N3O/c1-4-14-12(2,3)11(16)15-10-7-5-6-9(10)8-13/h9-10,14H,4-7H2,1-3H3,(H,15,16). The predicted octanol–water partition coefficient (Wildman–Crippen LogP) is 1.18. The van der Waals surface area contributed by atoms with Gasteiger partial charge in [0, 0.05) is 6.04 Å². The molecule has 0 radical (unpaired) electrons. The van der Waals surface area contributed by atoms with Gasteiger partial charge in [0.15, 0.2) is 0 Å². The van der Waals surface area contributed by atoms with Crippen molar-refractivity contribution >= 4 is 5.91 Å². The normalized spacial score (nSPS) is 25.1. The van der Waals surface area contributed by atoms with Crippen molar-refractivity contribution in [2.24, 2.45) is 5.92 Å². The van der Waals surface area contributed by atoms with Gasteiger partial charge in [0.25, 0.3) is 0 Å². The van der Waals surface area contributed by atoms with Crippen LogP contribution in [-0.2, 0) is 4.79 Å². The van der Waals surface area contributed by atoms with Gasteiger partial charge in [-0.1, -0.05) is 6.92 Å². The summed E-state index contributed by atoms with van der Waals surface area (Å²) in [5.41, 5.74) is -0.558. The van der Waals surface area contributed by atoms with Crippen LogP contribution in [0.3, 0.4) is 0 Å². The molecule has 16 heavy (non-hydrogen) atoms. The molecule has 4 nitrogen and oxygen atoms in total. The Balaban J connectivity index is 2.54. The molecule has 2 atom stereocenters. The molecule has 0 aromatic heterocycles.